The number of rotatable bonds is 2. The summed E-state index contributed by atoms with van der Waals surface area (Å²) in [7, 11) is -0.950. The molecule has 0 saturated heterocycles. The van der Waals surface area contributed by atoms with Crippen molar-refractivity contribution in [2.75, 3.05) is 17.2 Å². The molecule has 3 nitrogen and oxygen atoms in total. The molecule has 1 unspecified atom stereocenters. The fraction of sp³-hybridized carbons (Fsp3) is 0.417. The Kier molecular flexibility index (Phi) is 3.39. The zero-order valence-corrected chi connectivity index (χ0v) is 10.1. The number of amides is 1. The predicted molar refractivity (Wildman–Crippen MR) is 65.0 cm³/mol. The van der Waals surface area contributed by atoms with E-state index < -0.39 is 10.8 Å². The first-order valence-electron chi connectivity index (χ1n) is 5.52. The summed E-state index contributed by atoms with van der Waals surface area (Å²) in [5.41, 5.74) is 0.825. The van der Waals surface area contributed by atoms with Crippen LogP contribution in [0.5, 0.6) is 0 Å². The average Bonchev–Trinajstić information content (AvgIpc) is 2.30. The van der Waals surface area contributed by atoms with E-state index in [2.05, 4.69) is 0 Å². The van der Waals surface area contributed by atoms with Crippen LogP contribution in [0.1, 0.15) is 19.8 Å². The molecule has 1 aromatic rings. The molecule has 16 heavy (non-hydrogen) atoms. The van der Waals surface area contributed by atoms with Gasteiger partial charge in [0.05, 0.1) is 21.4 Å². The molecular weight excluding hydrogens is 222 g/mol. The highest BCUT2D eigenvalue weighted by Crippen LogP contribution is 2.28. The van der Waals surface area contributed by atoms with Crippen LogP contribution in [0.25, 0.3) is 0 Å². The highest BCUT2D eigenvalue weighted by atomic mass is 32.2. The lowest BCUT2D eigenvalue weighted by Gasteiger charge is -2.28. The molecule has 2 rings (SSSR count). The van der Waals surface area contributed by atoms with Crippen LogP contribution < -0.4 is 4.90 Å². The zero-order valence-electron chi connectivity index (χ0n) is 9.31. The Morgan fingerprint density at radius 2 is 2.19 bits per heavy atom. The molecule has 1 amide bonds. The Bertz CT molecular complexity index is 431. The van der Waals surface area contributed by atoms with Crippen LogP contribution in [0.15, 0.2) is 29.2 Å². The van der Waals surface area contributed by atoms with Gasteiger partial charge in [-0.3, -0.25) is 9.00 Å². The normalized spacial score (nSPS) is 19.3. The molecule has 0 spiro atoms. The Labute approximate surface area is 97.9 Å². The second-order valence-electron chi connectivity index (χ2n) is 3.81. The fourth-order valence-corrected chi connectivity index (χ4v) is 3.10. The van der Waals surface area contributed by atoms with Crippen molar-refractivity contribution in [1.29, 1.82) is 0 Å². The van der Waals surface area contributed by atoms with Gasteiger partial charge in [0, 0.05) is 18.7 Å². The number of nitrogens with zero attached hydrogens (tertiary/aromatic N) is 1. The van der Waals surface area contributed by atoms with E-state index in [0.29, 0.717) is 18.7 Å². The quantitative estimate of drug-likeness (QED) is 0.788. The van der Waals surface area contributed by atoms with E-state index in [4.69, 9.17) is 0 Å². The van der Waals surface area contributed by atoms with Crippen molar-refractivity contribution in [2.45, 2.75) is 24.7 Å². The van der Waals surface area contributed by atoms with Gasteiger partial charge in [0.15, 0.2) is 0 Å². The van der Waals surface area contributed by atoms with E-state index in [-0.39, 0.29) is 5.91 Å². The first kappa shape index (κ1) is 11.3. The zero-order chi connectivity index (χ0) is 11.5. The highest BCUT2D eigenvalue weighted by molar-refractivity contribution is 7.85. The molecule has 4 heteroatoms. The van der Waals surface area contributed by atoms with E-state index in [1.165, 1.54) is 0 Å². The number of para-hydroxylation sites is 1. The smallest absolute Gasteiger partial charge is 0.227 e. The molecule has 0 N–H and O–H groups in total. The maximum Gasteiger partial charge on any atom is 0.227 e. The third-order valence-corrected chi connectivity index (χ3v) is 4.06. The first-order chi connectivity index (χ1) is 7.74. The van der Waals surface area contributed by atoms with Gasteiger partial charge < -0.3 is 4.90 Å². The van der Waals surface area contributed by atoms with E-state index >= 15 is 0 Å². The van der Waals surface area contributed by atoms with Gasteiger partial charge in [0.2, 0.25) is 5.91 Å². The Hall–Kier alpha value is -1.16. The second kappa shape index (κ2) is 4.78. The number of hydrogen-bond donors (Lipinski definition) is 0. The lowest BCUT2D eigenvalue weighted by Crippen LogP contribution is -2.38. The van der Waals surface area contributed by atoms with Crippen molar-refractivity contribution in [3.63, 3.8) is 0 Å². The maximum atomic E-state index is 11.9. The molecule has 0 radical (unpaired) electrons. The number of fused-ring (bicyclic) bond motifs is 1. The standard InChI is InChI=1S/C12H15NO2S/c1-2-5-12(14)13-8-9-16(15)11-7-4-3-6-10(11)13/h3-4,6-7H,2,5,8-9H2,1H3. The molecule has 0 aliphatic carbocycles. The largest absolute Gasteiger partial charge is 0.310 e. The van der Waals surface area contributed by atoms with Crippen molar-refractivity contribution in [2.24, 2.45) is 0 Å². The molecule has 1 aromatic carbocycles. The van der Waals surface area contributed by atoms with Crippen LogP contribution in [0.4, 0.5) is 5.69 Å². The van der Waals surface area contributed by atoms with Gasteiger partial charge in [0.25, 0.3) is 0 Å². The molecule has 0 saturated carbocycles. The van der Waals surface area contributed by atoms with Gasteiger partial charge in [-0.05, 0) is 18.6 Å². The first-order valence-corrected chi connectivity index (χ1v) is 6.83. The third kappa shape index (κ3) is 2.02. The number of carbonyl (C=O) groups is 1. The molecular formula is C12H15NO2S. The van der Waals surface area contributed by atoms with Gasteiger partial charge in [-0.25, -0.2) is 0 Å². The molecule has 0 bridgehead atoms. The van der Waals surface area contributed by atoms with Crippen molar-refractivity contribution >= 4 is 22.4 Å². The molecule has 0 fully saturated rings. The Balaban J connectivity index is 2.34. The van der Waals surface area contributed by atoms with Crippen molar-refractivity contribution in [3.05, 3.63) is 24.3 Å². The fourth-order valence-electron chi connectivity index (χ4n) is 1.89. The number of hydrogen-bond acceptors (Lipinski definition) is 2. The Morgan fingerprint density at radius 3 is 2.94 bits per heavy atom. The van der Waals surface area contributed by atoms with Gasteiger partial charge in [-0.1, -0.05) is 19.1 Å². The number of anilines is 1. The minimum atomic E-state index is -0.950. The summed E-state index contributed by atoms with van der Waals surface area (Å²) < 4.78 is 11.8. The third-order valence-electron chi connectivity index (χ3n) is 2.67. The summed E-state index contributed by atoms with van der Waals surface area (Å²) >= 11 is 0. The van der Waals surface area contributed by atoms with Crippen molar-refractivity contribution in [1.82, 2.24) is 0 Å². The van der Waals surface area contributed by atoms with Crippen LogP contribution in [0.2, 0.25) is 0 Å². The molecule has 1 aliphatic heterocycles. The Morgan fingerprint density at radius 1 is 1.44 bits per heavy atom. The minimum Gasteiger partial charge on any atom is -0.310 e. The molecule has 1 aliphatic rings. The topological polar surface area (TPSA) is 37.4 Å². The lowest BCUT2D eigenvalue weighted by molar-refractivity contribution is -0.118. The van der Waals surface area contributed by atoms with E-state index in [1.807, 2.05) is 31.2 Å². The van der Waals surface area contributed by atoms with Crippen molar-refractivity contribution < 1.29 is 9.00 Å². The SMILES string of the molecule is CCCC(=O)N1CCS(=O)c2ccccc21. The van der Waals surface area contributed by atoms with Gasteiger partial charge in [-0.15, -0.1) is 0 Å². The summed E-state index contributed by atoms with van der Waals surface area (Å²) in [6.07, 6.45) is 1.40. The van der Waals surface area contributed by atoms with Crippen LogP contribution in [0.3, 0.4) is 0 Å². The average molecular weight is 237 g/mol. The van der Waals surface area contributed by atoms with Crippen LogP contribution in [-0.4, -0.2) is 22.4 Å². The summed E-state index contributed by atoms with van der Waals surface area (Å²) in [6, 6.07) is 7.47. The molecule has 1 atom stereocenters. The van der Waals surface area contributed by atoms with E-state index in [0.717, 1.165) is 17.0 Å². The van der Waals surface area contributed by atoms with Gasteiger partial charge in [-0.2, -0.15) is 0 Å². The second-order valence-corrected chi connectivity index (χ2v) is 5.35. The molecule has 86 valence electrons. The van der Waals surface area contributed by atoms with E-state index in [9.17, 15) is 9.00 Å². The maximum absolute atomic E-state index is 11.9. The number of carbonyl (C=O) groups excluding carboxylic acids is 1. The molecule has 0 aromatic heterocycles. The lowest BCUT2D eigenvalue weighted by atomic mass is 10.2. The van der Waals surface area contributed by atoms with Crippen LogP contribution in [-0.2, 0) is 15.6 Å². The summed E-state index contributed by atoms with van der Waals surface area (Å²) in [4.78, 5) is 14.4. The monoisotopic (exact) mass is 237 g/mol. The summed E-state index contributed by atoms with van der Waals surface area (Å²) in [5, 5.41) is 0. The summed E-state index contributed by atoms with van der Waals surface area (Å²) in [6.45, 7) is 2.56. The van der Waals surface area contributed by atoms with Crippen molar-refractivity contribution in [3.8, 4) is 0 Å². The molecule has 1 heterocycles. The van der Waals surface area contributed by atoms with Gasteiger partial charge in [0.1, 0.15) is 0 Å². The van der Waals surface area contributed by atoms with E-state index in [1.54, 1.807) is 4.90 Å². The predicted octanol–water partition coefficient (Wildman–Crippen LogP) is 1.94. The van der Waals surface area contributed by atoms with Gasteiger partial charge >= 0.3 is 0 Å². The minimum absolute atomic E-state index is 0.131. The summed E-state index contributed by atoms with van der Waals surface area (Å²) in [5.74, 6) is 0.679. The number of benzene rings is 1. The van der Waals surface area contributed by atoms with Crippen LogP contribution in [0, 0.1) is 0 Å². The highest BCUT2D eigenvalue weighted by Gasteiger charge is 2.25. The van der Waals surface area contributed by atoms with Crippen LogP contribution >= 0.6 is 0 Å².